The molecule has 0 bridgehead atoms. The molecule has 0 aromatic carbocycles. The van der Waals surface area contributed by atoms with Crippen LogP contribution in [-0.4, -0.2) is 34.9 Å². The molecule has 0 spiro atoms. The summed E-state index contributed by atoms with van der Waals surface area (Å²) < 4.78 is 5.42. The summed E-state index contributed by atoms with van der Waals surface area (Å²) in [5.41, 5.74) is 0. The van der Waals surface area contributed by atoms with Crippen LogP contribution in [0.25, 0.3) is 0 Å². The van der Waals surface area contributed by atoms with E-state index in [1.165, 1.54) is 0 Å². The zero-order valence-electron chi connectivity index (χ0n) is 6.31. The Morgan fingerprint density at radius 1 is 1.17 bits per heavy atom. The molecular weight excluding hydrogens is 398 g/mol. The normalized spacial score (nSPS) is 37.7. The summed E-state index contributed by atoms with van der Waals surface area (Å²) in [6.45, 7) is 1.42. The molecule has 1 fully saturated rings. The second kappa shape index (κ2) is 5.20. The standard InChI is InChI=1S/C6H10Br2Cl2OSe/c7-1-5-3-11-4-6(2-8)12(5,9)10/h5-6H,1-4H2. The molecule has 1 nitrogen and oxygen atoms in total. The van der Waals surface area contributed by atoms with Crippen molar-refractivity contribution in [3.8, 4) is 0 Å². The summed E-state index contributed by atoms with van der Waals surface area (Å²) in [4.78, 5) is 0.668. The molecule has 0 N–H and O–H groups in total. The number of alkyl halides is 2. The van der Waals surface area contributed by atoms with E-state index in [2.05, 4.69) is 31.9 Å². The third-order valence-corrected chi connectivity index (χ3v) is 15.6. The van der Waals surface area contributed by atoms with Crippen LogP contribution in [0.2, 0.25) is 9.63 Å². The Bertz CT molecular complexity index is 144. The monoisotopic (exact) mass is 406 g/mol. The molecule has 1 saturated heterocycles. The van der Waals surface area contributed by atoms with Crippen LogP contribution < -0.4 is 0 Å². The summed E-state index contributed by atoms with van der Waals surface area (Å²) in [7, 11) is 12.8. The van der Waals surface area contributed by atoms with E-state index < -0.39 is 11.0 Å². The van der Waals surface area contributed by atoms with Gasteiger partial charge in [0.05, 0.1) is 0 Å². The second-order valence-corrected chi connectivity index (χ2v) is 15.2. The van der Waals surface area contributed by atoms with E-state index in [0.29, 0.717) is 22.8 Å². The molecule has 6 heteroatoms. The van der Waals surface area contributed by atoms with E-state index in [1.54, 1.807) is 0 Å². The van der Waals surface area contributed by atoms with E-state index in [9.17, 15) is 0 Å². The molecule has 1 rings (SSSR count). The molecule has 0 aromatic rings. The summed E-state index contributed by atoms with van der Waals surface area (Å²) in [6.07, 6.45) is 0. The van der Waals surface area contributed by atoms with Gasteiger partial charge in [0.25, 0.3) is 0 Å². The molecule has 1 aliphatic heterocycles. The van der Waals surface area contributed by atoms with Crippen LogP contribution in [0.15, 0.2) is 0 Å². The van der Waals surface area contributed by atoms with Crippen LogP contribution in [0.4, 0.5) is 0 Å². The van der Waals surface area contributed by atoms with Gasteiger partial charge in [-0.3, -0.25) is 0 Å². The van der Waals surface area contributed by atoms with Crippen LogP contribution in [0.5, 0.6) is 0 Å². The van der Waals surface area contributed by atoms with Crippen molar-refractivity contribution >= 4 is 63.1 Å². The zero-order valence-corrected chi connectivity index (χ0v) is 12.7. The van der Waals surface area contributed by atoms with Gasteiger partial charge in [0.15, 0.2) is 0 Å². The molecule has 1 heterocycles. The molecule has 0 radical (unpaired) electrons. The fourth-order valence-electron chi connectivity index (χ4n) is 1.04. The van der Waals surface area contributed by atoms with Gasteiger partial charge in [-0.25, -0.2) is 0 Å². The van der Waals surface area contributed by atoms with Gasteiger partial charge in [0, 0.05) is 0 Å². The minimum atomic E-state index is -2.31. The average molecular weight is 408 g/mol. The molecule has 0 aromatic heterocycles. The quantitative estimate of drug-likeness (QED) is 0.503. The summed E-state index contributed by atoms with van der Waals surface area (Å²) in [5, 5.41) is 1.70. The van der Waals surface area contributed by atoms with E-state index in [4.69, 9.17) is 24.9 Å². The third kappa shape index (κ3) is 2.53. The fraction of sp³-hybridized carbons (Fsp3) is 1.00. The molecular formula is C6H10Br2Cl2OSe. The van der Waals surface area contributed by atoms with Crippen LogP contribution >= 0.6 is 52.1 Å². The first-order valence-corrected chi connectivity index (χ1v) is 12.2. The van der Waals surface area contributed by atoms with Gasteiger partial charge in [-0.1, -0.05) is 0 Å². The van der Waals surface area contributed by atoms with Gasteiger partial charge in [0.2, 0.25) is 0 Å². The Hall–Kier alpha value is 2.02. The predicted molar refractivity (Wildman–Crippen MR) is 63.4 cm³/mol. The topological polar surface area (TPSA) is 9.23 Å². The van der Waals surface area contributed by atoms with Crippen molar-refractivity contribution < 1.29 is 4.74 Å². The first-order valence-electron chi connectivity index (χ1n) is 3.52. The van der Waals surface area contributed by atoms with Gasteiger partial charge in [0.1, 0.15) is 0 Å². The summed E-state index contributed by atoms with van der Waals surface area (Å²) >= 11 is 4.53. The van der Waals surface area contributed by atoms with E-state index in [0.717, 1.165) is 10.7 Å². The van der Waals surface area contributed by atoms with Gasteiger partial charge in [-0.2, -0.15) is 0 Å². The maximum atomic E-state index is 6.39. The third-order valence-electron chi connectivity index (χ3n) is 1.84. The van der Waals surface area contributed by atoms with Gasteiger partial charge in [-0.15, -0.1) is 0 Å². The van der Waals surface area contributed by atoms with Crippen molar-refractivity contribution in [3.05, 3.63) is 0 Å². The molecule has 2 atom stereocenters. The van der Waals surface area contributed by atoms with Crippen molar-refractivity contribution in [1.82, 2.24) is 0 Å². The Balaban J connectivity index is 2.67. The van der Waals surface area contributed by atoms with Crippen LogP contribution in [0.1, 0.15) is 0 Å². The number of ether oxygens (including phenoxy) is 1. The van der Waals surface area contributed by atoms with Gasteiger partial charge >= 0.3 is 101 Å². The zero-order chi connectivity index (χ0) is 9.19. The second-order valence-electron chi connectivity index (χ2n) is 2.64. The van der Waals surface area contributed by atoms with Gasteiger partial charge < -0.3 is 0 Å². The van der Waals surface area contributed by atoms with E-state index in [1.807, 2.05) is 0 Å². The van der Waals surface area contributed by atoms with E-state index >= 15 is 0 Å². The molecule has 12 heavy (non-hydrogen) atoms. The Labute approximate surface area is 100 Å². The SMILES string of the molecule is Cl[Se]1(Cl)C(CBr)COCC1CBr. The minimum absolute atomic E-state index is 0.334. The van der Waals surface area contributed by atoms with Crippen molar-refractivity contribution in [1.29, 1.82) is 0 Å². The van der Waals surface area contributed by atoms with Crippen molar-refractivity contribution in [2.24, 2.45) is 0 Å². The molecule has 0 aliphatic carbocycles. The first-order chi connectivity index (χ1) is 5.62. The number of rotatable bonds is 2. The van der Waals surface area contributed by atoms with Crippen LogP contribution in [0, 0.1) is 0 Å². The average Bonchev–Trinajstić information content (AvgIpc) is 2.03. The molecule has 1 aliphatic rings. The number of hydrogen-bond donors (Lipinski definition) is 0. The van der Waals surface area contributed by atoms with Crippen LogP contribution in [0.3, 0.4) is 0 Å². The van der Waals surface area contributed by atoms with Crippen molar-refractivity contribution in [2.75, 3.05) is 23.9 Å². The first kappa shape index (κ1) is 12.1. The Morgan fingerprint density at radius 2 is 1.58 bits per heavy atom. The molecule has 2 unspecified atom stereocenters. The predicted octanol–water partition coefficient (Wildman–Crippen LogP) is 3.47. The van der Waals surface area contributed by atoms with E-state index in [-0.39, 0.29) is 0 Å². The van der Waals surface area contributed by atoms with Crippen LogP contribution in [-0.2, 0) is 4.74 Å². The maximum absolute atomic E-state index is 6.39. The van der Waals surface area contributed by atoms with Crippen molar-refractivity contribution in [3.63, 3.8) is 0 Å². The Kier molecular flexibility index (Phi) is 5.24. The summed E-state index contributed by atoms with van der Waals surface area (Å²) in [5.74, 6) is 0. The van der Waals surface area contributed by atoms with Gasteiger partial charge in [-0.05, 0) is 0 Å². The number of halogens is 4. The molecule has 74 valence electrons. The summed E-state index contributed by atoms with van der Waals surface area (Å²) in [6, 6.07) is 0. The van der Waals surface area contributed by atoms with Crippen molar-refractivity contribution in [2.45, 2.75) is 9.63 Å². The molecule has 0 saturated carbocycles. The molecule has 0 amide bonds. The number of hydrogen-bond acceptors (Lipinski definition) is 1. The fourth-order valence-corrected chi connectivity index (χ4v) is 14.3. The Morgan fingerprint density at radius 3 is 1.92 bits per heavy atom.